The molecule has 1 aliphatic rings. The molecule has 0 saturated carbocycles. The number of aromatic nitrogens is 1. The van der Waals surface area contributed by atoms with Gasteiger partial charge in [0.1, 0.15) is 10.4 Å². The van der Waals surface area contributed by atoms with E-state index in [9.17, 15) is 14.7 Å². The number of carboxylic acids is 1. The number of carbonyl (C=O) groups is 2. The molecule has 1 aliphatic heterocycles. The zero-order valence-electron chi connectivity index (χ0n) is 12.2. The number of aliphatic carboxylic acids is 1. The maximum atomic E-state index is 12.1. The van der Waals surface area contributed by atoms with Crippen LogP contribution in [-0.2, 0) is 15.1 Å². The molecule has 1 fully saturated rings. The third kappa shape index (κ3) is 3.16. The van der Waals surface area contributed by atoms with Crippen LogP contribution in [0.3, 0.4) is 0 Å². The second kappa shape index (κ2) is 5.61. The summed E-state index contributed by atoms with van der Waals surface area (Å²) < 4.78 is 5.20. The first kappa shape index (κ1) is 15.7. The van der Waals surface area contributed by atoms with Crippen molar-refractivity contribution in [3.05, 3.63) is 16.6 Å². The van der Waals surface area contributed by atoms with E-state index < -0.39 is 29.0 Å². The lowest BCUT2D eigenvalue weighted by Crippen LogP contribution is -2.55. The summed E-state index contributed by atoms with van der Waals surface area (Å²) in [6.07, 6.45) is 1.67. The third-order valence-corrected chi connectivity index (χ3v) is 4.74. The Kier molecular flexibility index (Phi) is 4.20. The molecule has 1 aromatic rings. The van der Waals surface area contributed by atoms with Gasteiger partial charge in [-0.1, -0.05) is 0 Å². The van der Waals surface area contributed by atoms with Crippen LogP contribution in [0, 0.1) is 5.41 Å². The predicted molar refractivity (Wildman–Crippen MR) is 77.2 cm³/mol. The van der Waals surface area contributed by atoms with E-state index in [-0.39, 0.29) is 13.2 Å². The van der Waals surface area contributed by atoms with Crippen LogP contribution < -0.4 is 10.6 Å². The molecule has 0 aliphatic carbocycles. The molecular weight excluding hydrogens is 294 g/mol. The molecule has 21 heavy (non-hydrogen) atoms. The third-order valence-electron chi connectivity index (χ3n) is 3.64. The standard InChI is InChI=1S/C13H19N3O4S/c1-12(2,9-14-4-5-21-9)16-11(19)15-8-6-20-7-13(8,3)10(17)18/h4-5,8H,6-7H2,1-3H3,(H,17,18)(H2,15,16,19). The molecule has 3 N–H and O–H groups in total. The molecular formula is C13H19N3O4S. The fraction of sp³-hybridized carbons (Fsp3) is 0.615. The van der Waals surface area contributed by atoms with Crippen molar-refractivity contribution in [3.63, 3.8) is 0 Å². The highest BCUT2D eigenvalue weighted by Gasteiger charge is 2.47. The highest BCUT2D eigenvalue weighted by molar-refractivity contribution is 7.09. The van der Waals surface area contributed by atoms with Crippen molar-refractivity contribution in [2.75, 3.05) is 13.2 Å². The largest absolute Gasteiger partial charge is 0.481 e. The van der Waals surface area contributed by atoms with Crippen LogP contribution in [0.5, 0.6) is 0 Å². The van der Waals surface area contributed by atoms with Gasteiger partial charge in [-0.05, 0) is 20.8 Å². The molecule has 1 aromatic heterocycles. The number of nitrogens with zero attached hydrogens (tertiary/aromatic N) is 1. The van der Waals surface area contributed by atoms with Crippen LogP contribution in [0.2, 0.25) is 0 Å². The molecule has 1 saturated heterocycles. The lowest BCUT2D eigenvalue weighted by atomic mass is 9.85. The Balaban J connectivity index is 2.01. The monoisotopic (exact) mass is 313 g/mol. The van der Waals surface area contributed by atoms with Crippen LogP contribution in [0.1, 0.15) is 25.8 Å². The number of carbonyl (C=O) groups excluding carboxylic acids is 1. The number of hydrogen-bond donors (Lipinski definition) is 3. The summed E-state index contributed by atoms with van der Waals surface area (Å²) in [7, 11) is 0. The Hall–Kier alpha value is -1.67. The average molecular weight is 313 g/mol. The maximum Gasteiger partial charge on any atom is 0.315 e. The highest BCUT2D eigenvalue weighted by Crippen LogP contribution is 2.29. The molecule has 2 heterocycles. The highest BCUT2D eigenvalue weighted by atomic mass is 32.1. The molecule has 7 nitrogen and oxygen atoms in total. The topological polar surface area (TPSA) is 101 Å². The van der Waals surface area contributed by atoms with E-state index in [1.807, 2.05) is 19.2 Å². The number of urea groups is 1. The van der Waals surface area contributed by atoms with Gasteiger partial charge in [-0.25, -0.2) is 9.78 Å². The summed E-state index contributed by atoms with van der Waals surface area (Å²) in [6.45, 7) is 5.52. The van der Waals surface area contributed by atoms with Crippen molar-refractivity contribution in [3.8, 4) is 0 Å². The molecule has 8 heteroatoms. The number of nitrogens with one attached hydrogen (secondary N) is 2. The molecule has 0 bridgehead atoms. The average Bonchev–Trinajstić information content (AvgIpc) is 3.00. The fourth-order valence-corrected chi connectivity index (χ4v) is 2.87. The zero-order valence-corrected chi connectivity index (χ0v) is 13.0. The van der Waals surface area contributed by atoms with E-state index in [1.54, 1.807) is 13.1 Å². The SMILES string of the molecule is CC(C)(NC(=O)NC1COCC1(C)C(=O)O)c1nccs1. The number of rotatable bonds is 4. The maximum absolute atomic E-state index is 12.1. The smallest absolute Gasteiger partial charge is 0.315 e. The van der Waals surface area contributed by atoms with Gasteiger partial charge in [-0.3, -0.25) is 4.79 Å². The molecule has 0 radical (unpaired) electrons. The van der Waals surface area contributed by atoms with Gasteiger partial charge in [0.2, 0.25) is 0 Å². The van der Waals surface area contributed by atoms with Crippen molar-refractivity contribution >= 4 is 23.3 Å². The molecule has 2 atom stereocenters. The number of carboxylic acid groups (broad SMARTS) is 1. The lowest BCUT2D eigenvalue weighted by molar-refractivity contribution is -0.148. The Bertz CT molecular complexity index is 532. The summed E-state index contributed by atoms with van der Waals surface area (Å²) >= 11 is 1.45. The summed E-state index contributed by atoms with van der Waals surface area (Å²) in [5.41, 5.74) is -1.74. The molecule has 0 spiro atoms. The summed E-state index contributed by atoms with van der Waals surface area (Å²) in [5.74, 6) is -0.982. The van der Waals surface area contributed by atoms with E-state index in [2.05, 4.69) is 15.6 Å². The minimum Gasteiger partial charge on any atom is -0.481 e. The van der Waals surface area contributed by atoms with Crippen LogP contribution in [0.25, 0.3) is 0 Å². The second-order valence-electron chi connectivity index (χ2n) is 5.85. The Morgan fingerprint density at radius 3 is 2.86 bits per heavy atom. The zero-order chi connectivity index (χ0) is 15.7. The normalized spacial score (nSPS) is 25.6. The van der Waals surface area contributed by atoms with E-state index in [0.29, 0.717) is 0 Å². The van der Waals surface area contributed by atoms with Gasteiger partial charge >= 0.3 is 12.0 Å². The number of thiazole rings is 1. The number of hydrogen-bond acceptors (Lipinski definition) is 5. The van der Waals surface area contributed by atoms with E-state index >= 15 is 0 Å². The first-order valence-electron chi connectivity index (χ1n) is 6.55. The molecule has 116 valence electrons. The predicted octanol–water partition coefficient (Wildman–Crippen LogP) is 1.17. The summed E-state index contributed by atoms with van der Waals surface area (Å²) in [5, 5.41) is 17.4. The van der Waals surface area contributed by atoms with Crippen LogP contribution in [-0.4, -0.2) is 41.3 Å². The Morgan fingerprint density at radius 2 is 2.29 bits per heavy atom. The minimum atomic E-state index is -1.11. The summed E-state index contributed by atoms with van der Waals surface area (Å²) in [4.78, 5) is 27.6. The molecule has 2 amide bonds. The lowest BCUT2D eigenvalue weighted by Gasteiger charge is -2.29. The van der Waals surface area contributed by atoms with Gasteiger partial charge in [-0.2, -0.15) is 0 Å². The quantitative estimate of drug-likeness (QED) is 0.774. The van der Waals surface area contributed by atoms with Crippen molar-refractivity contribution in [2.24, 2.45) is 5.41 Å². The van der Waals surface area contributed by atoms with Gasteiger partial charge in [-0.15, -0.1) is 11.3 Å². The van der Waals surface area contributed by atoms with E-state index in [1.165, 1.54) is 11.3 Å². The van der Waals surface area contributed by atoms with Gasteiger partial charge < -0.3 is 20.5 Å². The van der Waals surface area contributed by atoms with Gasteiger partial charge in [0.15, 0.2) is 0 Å². The van der Waals surface area contributed by atoms with E-state index in [0.717, 1.165) is 5.01 Å². The Labute approximate surface area is 126 Å². The minimum absolute atomic E-state index is 0.0865. The summed E-state index contributed by atoms with van der Waals surface area (Å²) in [6, 6.07) is -1.000. The van der Waals surface area contributed by atoms with Crippen LogP contribution >= 0.6 is 11.3 Å². The van der Waals surface area contributed by atoms with Gasteiger partial charge in [0.05, 0.1) is 24.8 Å². The molecule has 2 rings (SSSR count). The van der Waals surface area contributed by atoms with Gasteiger partial charge in [0.25, 0.3) is 0 Å². The molecule has 2 unspecified atom stereocenters. The number of amides is 2. The van der Waals surface area contributed by atoms with Crippen LogP contribution in [0.15, 0.2) is 11.6 Å². The van der Waals surface area contributed by atoms with Gasteiger partial charge in [0, 0.05) is 11.6 Å². The van der Waals surface area contributed by atoms with Crippen molar-refractivity contribution in [1.29, 1.82) is 0 Å². The number of ether oxygens (including phenoxy) is 1. The molecule has 0 aromatic carbocycles. The first-order chi connectivity index (χ1) is 9.75. The van der Waals surface area contributed by atoms with Crippen molar-refractivity contribution in [2.45, 2.75) is 32.4 Å². The fourth-order valence-electron chi connectivity index (χ4n) is 2.15. The second-order valence-corrected chi connectivity index (χ2v) is 6.75. The van der Waals surface area contributed by atoms with E-state index in [4.69, 9.17) is 4.74 Å². The van der Waals surface area contributed by atoms with Crippen molar-refractivity contribution in [1.82, 2.24) is 15.6 Å². The Morgan fingerprint density at radius 1 is 1.57 bits per heavy atom. The van der Waals surface area contributed by atoms with Crippen LogP contribution in [0.4, 0.5) is 4.79 Å². The first-order valence-corrected chi connectivity index (χ1v) is 7.43. The van der Waals surface area contributed by atoms with Crippen molar-refractivity contribution < 1.29 is 19.4 Å².